The van der Waals surface area contributed by atoms with Crippen molar-refractivity contribution in [2.24, 2.45) is 39.7 Å². The third kappa shape index (κ3) is 6.27. The van der Waals surface area contributed by atoms with Crippen molar-refractivity contribution < 1.29 is 29.4 Å². The molecule has 1 aromatic carbocycles. The predicted molar refractivity (Wildman–Crippen MR) is 187 cm³/mol. The van der Waals surface area contributed by atoms with E-state index in [4.69, 9.17) is 11.3 Å². The van der Waals surface area contributed by atoms with E-state index in [1.807, 2.05) is 24.3 Å². The number of benzene rings is 1. The van der Waals surface area contributed by atoms with Crippen LogP contribution in [0.2, 0.25) is 0 Å². The number of amides is 2. The molecule has 0 spiro atoms. The second-order valence-corrected chi connectivity index (χ2v) is 15.6. The first-order chi connectivity index (χ1) is 23.3. The molecule has 4 aliphatic rings. The minimum atomic E-state index is -1.17. The highest BCUT2D eigenvalue weighted by molar-refractivity contribution is 5.96. The molecule has 3 saturated carbocycles. The van der Waals surface area contributed by atoms with E-state index in [9.17, 15) is 24.6 Å². The quantitative estimate of drug-likeness (QED) is 0.175. The number of aromatic amines is 1. The van der Waals surface area contributed by atoms with Gasteiger partial charge in [-0.05, 0) is 98.2 Å². The highest BCUT2D eigenvalue weighted by atomic mass is 16.6. The first-order valence-electron chi connectivity index (χ1n) is 17.8. The lowest BCUT2D eigenvalue weighted by molar-refractivity contribution is -0.142. The van der Waals surface area contributed by atoms with Gasteiger partial charge < -0.3 is 30.7 Å². The molecule has 0 bridgehead atoms. The molecule has 1 heterocycles. The topological polar surface area (TPSA) is 153 Å². The highest BCUT2D eigenvalue weighted by Gasteiger charge is 2.63. The van der Waals surface area contributed by atoms with E-state index >= 15 is 0 Å². The summed E-state index contributed by atoms with van der Waals surface area (Å²) >= 11 is 0. The van der Waals surface area contributed by atoms with Crippen molar-refractivity contribution in [2.75, 3.05) is 6.61 Å². The Bertz CT molecular complexity index is 1720. The van der Waals surface area contributed by atoms with E-state index in [0.717, 1.165) is 67.1 Å². The normalized spacial score (nSPS) is 32.6. The van der Waals surface area contributed by atoms with Gasteiger partial charge in [-0.3, -0.25) is 9.59 Å². The van der Waals surface area contributed by atoms with Crippen molar-refractivity contribution in [3.8, 4) is 12.3 Å². The van der Waals surface area contributed by atoms with Crippen molar-refractivity contribution in [3.05, 3.63) is 47.7 Å². The number of oxime groups is 1. The molecule has 49 heavy (non-hydrogen) atoms. The third-order valence-corrected chi connectivity index (χ3v) is 12.7. The molecular formula is C39H50N4O6. The summed E-state index contributed by atoms with van der Waals surface area (Å²) in [6, 6.07) is 5.45. The summed E-state index contributed by atoms with van der Waals surface area (Å²) in [6.07, 6.45) is 17.3. The Morgan fingerprint density at radius 3 is 2.57 bits per heavy atom. The van der Waals surface area contributed by atoms with E-state index in [0.29, 0.717) is 24.2 Å². The van der Waals surface area contributed by atoms with Gasteiger partial charge in [0.15, 0.2) is 6.61 Å². The number of hydrogen-bond donors (Lipinski definition) is 5. The van der Waals surface area contributed by atoms with E-state index in [-0.39, 0.29) is 29.8 Å². The number of fused-ring (bicyclic) bond motifs is 6. The van der Waals surface area contributed by atoms with Crippen molar-refractivity contribution in [2.45, 2.75) is 103 Å². The number of carbonyl (C=O) groups excluding carboxylic acids is 2. The van der Waals surface area contributed by atoms with Crippen LogP contribution in [0.25, 0.3) is 10.9 Å². The Morgan fingerprint density at radius 1 is 1.08 bits per heavy atom. The average molecular weight is 671 g/mol. The molecule has 1 aromatic heterocycles. The molecule has 2 aromatic rings. The second kappa shape index (κ2) is 13.3. The van der Waals surface area contributed by atoms with Gasteiger partial charge in [-0.2, -0.15) is 0 Å². The minimum absolute atomic E-state index is 0.0668. The molecule has 6 rings (SSSR count). The molecule has 2 amide bonds. The summed E-state index contributed by atoms with van der Waals surface area (Å²) in [5, 5.41) is 31.7. The zero-order chi connectivity index (χ0) is 35.1. The second-order valence-electron chi connectivity index (χ2n) is 15.6. The monoisotopic (exact) mass is 670 g/mol. The van der Waals surface area contributed by atoms with Gasteiger partial charge in [0.2, 0.25) is 5.91 Å². The van der Waals surface area contributed by atoms with Crippen LogP contribution in [0.1, 0.15) is 84.6 Å². The number of hydrogen-bond acceptors (Lipinski definition) is 6. The van der Waals surface area contributed by atoms with Crippen LogP contribution in [0.4, 0.5) is 0 Å². The maximum atomic E-state index is 13.2. The van der Waals surface area contributed by atoms with Crippen LogP contribution in [0, 0.1) is 46.8 Å². The van der Waals surface area contributed by atoms with Crippen molar-refractivity contribution in [1.29, 1.82) is 0 Å². The minimum Gasteiger partial charge on any atom is -0.480 e. The first kappa shape index (κ1) is 34.8. The van der Waals surface area contributed by atoms with Crippen LogP contribution in [-0.2, 0) is 25.6 Å². The number of allylic oxidation sites excluding steroid dienone is 2. The number of nitrogens with one attached hydrogen (secondary N) is 3. The summed E-state index contributed by atoms with van der Waals surface area (Å²) in [5.41, 5.74) is 2.70. The number of terminal acetylenes is 1. The molecule has 8 atom stereocenters. The van der Waals surface area contributed by atoms with Gasteiger partial charge >= 0.3 is 5.97 Å². The fraction of sp³-hybridized carbons (Fsp3) is 0.590. The van der Waals surface area contributed by atoms with Crippen molar-refractivity contribution in [3.63, 3.8) is 0 Å². The van der Waals surface area contributed by atoms with Crippen LogP contribution >= 0.6 is 0 Å². The zero-order valence-electron chi connectivity index (χ0n) is 29.1. The molecule has 0 radical (unpaired) electrons. The number of carboxylic acids is 1. The molecule has 4 aliphatic carbocycles. The number of aromatic nitrogens is 1. The van der Waals surface area contributed by atoms with Gasteiger partial charge in [-0.25, -0.2) is 4.79 Å². The molecule has 10 heteroatoms. The maximum Gasteiger partial charge on any atom is 0.326 e. The summed E-state index contributed by atoms with van der Waals surface area (Å²) in [4.78, 5) is 46.9. The highest BCUT2D eigenvalue weighted by Crippen LogP contribution is 2.67. The van der Waals surface area contributed by atoms with Gasteiger partial charge in [-0.15, -0.1) is 6.42 Å². The van der Waals surface area contributed by atoms with E-state index in [1.165, 1.54) is 5.57 Å². The van der Waals surface area contributed by atoms with Crippen LogP contribution in [-0.4, -0.2) is 63.0 Å². The van der Waals surface area contributed by atoms with Crippen molar-refractivity contribution >= 4 is 34.4 Å². The average Bonchev–Trinajstić information content (AvgIpc) is 3.60. The molecule has 262 valence electrons. The number of carboxylic acid groups (broad SMARTS) is 1. The number of aliphatic carboxylic acids is 1. The van der Waals surface area contributed by atoms with E-state index in [1.54, 1.807) is 20.0 Å². The lowest BCUT2D eigenvalue weighted by atomic mass is 9.46. The molecular weight excluding hydrogens is 620 g/mol. The lowest BCUT2D eigenvalue weighted by Gasteiger charge is -2.58. The van der Waals surface area contributed by atoms with Crippen LogP contribution in [0.3, 0.4) is 0 Å². The summed E-state index contributed by atoms with van der Waals surface area (Å²) in [5.74, 6) is 1.76. The van der Waals surface area contributed by atoms with E-state index in [2.05, 4.69) is 46.6 Å². The number of para-hydroxylation sites is 1. The number of aliphatic hydroxyl groups is 1. The Balaban J connectivity index is 1.04. The largest absolute Gasteiger partial charge is 0.480 e. The fourth-order valence-electron chi connectivity index (χ4n) is 9.80. The summed E-state index contributed by atoms with van der Waals surface area (Å²) in [6.45, 7) is 7.81. The Hall–Kier alpha value is -4.10. The Labute approximate surface area is 288 Å². The van der Waals surface area contributed by atoms with Gasteiger partial charge in [0.05, 0.1) is 5.71 Å². The zero-order valence-corrected chi connectivity index (χ0v) is 29.1. The molecule has 10 nitrogen and oxygen atoms in total. The van der Waals surface area contributed by atoms with Gasteiger partial charge in [0.1, 0.15) is 17.7 Å². The van der Waals surface area contributed by atoms with Crippen LogP contribution in [0.15, 0.2) is 47.3 Å². The third-order valence-electron chi connectivity index (χ3n) is 12.7. The number of rotatable bonds is 10. The summed E-state index contributed by atoms with van der Waals surface area (Å²) in [7, 11) is 0. The standard InChI is InChI=1S/C39H50N4O6/c1-6-39(48)18-15-30-28-12-11-25-20-26(13-16-37(25,4)29(28)14-17-38(30,39)5)43-49-22-33(44)42-34(23(2)3)35(45)41-32(36(46)47)19-24-21-40-31-10-8-7-9-27(24)31/h1,7-10,20-21,23,28-30,32,34,40,48H,11-19,22H2,2-5H3,(H,41,45)(H,42,44)(H,46,47)/b43-26+/t28?,29?,30?,32?,34?,37-,38-,39+/m0/s1. The van der Waals surface area contributed by atoms with Crippen LogP contribution in [0.5, 0.6) is 0 Å². The molecule has 0 aliphatic heterocycles. The fourth-order valence-corrected chi connectivity index (χ4v) is 9.80. The molecule has 0 saturated heterocycles. The number of nitrogens with zero attached hydrogens (tertiary/aromatic N) is 1. The van der Waals surface area contributed by atoms with Crippen molar-refractivity contribution in [1.82, 2.24) is 15.6 Å². The Morgan fingerprint density at radius 2 is 1.84 bits per heavy atom. The van der Waals surface area contributed by atoms with Gasteiger partial charge in [0.25, 0.3) is 5.91 Å². The van der Waals surface area contributed by atoms with Crippen LogP contribution < -0.4 is 10.6 Å². The number of H-pyrrole nitrogens is 1. The molecule has 3 fully saturated rings. The predicted octanol–water partition coefficient (Wildman–Crippen LogP) is 5.12. The summed E-state index contributed by atoms with van der Waals surface area (Å²) < 4.78 is 0. The smallest absolute Gasteiger partial charge is 0.326 e. The Kier molecular flexibility index (Phi) is 9.44. The SMILES string of the molecule is C#C[C@@]1(O)CCC2C3CCC4=C/C(=N/OCC(=O)NC(C(=O)NC(Cc5c[nH]c6ccccc56)C(=O)O)C(C)C)CC[C@]4(C)C3CC[C@@]21C. The molecule has 5 unspecified atom stereocenters. The first-order valence-corrected chi connectivity index (χ1v) is 17.8. The van der Waals surface area contributed by atoms with E-state index < -0.39 is 35.5 Å². The maximum absolute atomic E-state index is 13.2. The molecule has 5 N–H and O–H groups in total. The van der Waals surface area contributed by atoms with Gasteiger partial charge in [0, 0.05) is 28.9 Å². The number of carbonyl (C=O) groups is 3. The lowest BCUT2D eigenvalue weighted by Crippen LogP contribution is -2.54. The van der Waals surface area contributed by atoms with Gasteiger partial charge in [-0.1, -0.05) is 62.5 Å².